The van der Waals surface area contributed by atoms with E-state index in [4.69, 9.17) is 16.7 Å². The Hall–Kier alpha value is -1.40. The molecule has 1 aliphatic heterocycles. The molecule has 1 heterocycles. The molecule has 0 radical (unpaired) electrons. The number of carbonyl (C=O) groups excluding carboxylic acids is 1. The molecule has 20 heavy (non-hydrogen) atoms. The minimum atomic E-state index is -0.939. The second kappa shape index (κ2) is 6.37. The van der Waals surface area contributed by atoms with Gasteiger partial charge in [0.25, 0.3) is 5.91 Å². The summed E-state index contributed by atoms with van der Waals surface area (Å²) in [5, 5.41) is 19.0. The van der Waals surface area contributed by atoms with Crippen LogP contribution in [0.3, 0.4) is 0 Å². The molecular formula is C13H14ClNO4S. The smallest absolute Gasteiger partial charge is 0.305 e. The van der Waals surface area contributed by atoms with Crippen molar-refractivity contribution in [3.63, 3.8) is 0 Å². The molecule has 0 bridgehead atoms. The lowest BCUT2D eigenvalue weighted by molar-refractivity contribution is -0.138. The van der Waals surface area contributed by atoms with Gasteiger partial charge in [-0.05, 0) is 18.2 Å². The van der Waals surface area contributed by atoms with E-state index in [9.17, 15) is 14.7 Å². The van der Waals surface area contributed by atoms with Gasteiger partial charge in [-0.25, -0.2) is 0 Å². The maximum absolute atomic E-state index is 12.5. The number of aliphatic carboxylic acids is 1. The van der Waals surface area contributed by atoms with E-state index in [-0.39, 0.29) is 29.7 Å². The number of nitrogens with zero attached hydrogens (tertiary/aromatic N) is 1. The minimum Gasteiger partial charge on any atom is -0.507 e. The van der Waals surface area contributed by atoms with Crippen molar-refractivity contribution >= 4 is 35.2 Å². The number of phenols is 1. The van der Waals surface area contributed by atoms with Crippen LogP contribution in [0.15, 0.2) is 18.2 Å². The predicted octanol–water partition coefficient (Wildman–Crippen LogP) is 2.08. The van der Waals surface area contributed by atoms with E-state index < -0.39 is 5.97 Å². The van der Waals surface area contributed by atoms with Gasteiger partial charge in [0.1, 0.15) is 5.75 Å². The normalized spacial score (nSPS) is 18.9. The first-order valence-electron chi connectivity index (χ1n) is 6.08. The standard InChI is InChI=1S/C13H14ClNO4S/c14-8-1-2-11(16)10(5-8)13(19)15-3-4-20-7-9(15)6-12(17)18/h1-2,5,9,16H,3-4,6-7H2,(H,17,18). The molecule has 1 amide bonds. The number of thioether (sulfide) groups is 1. The fourth-order valence-corrected chi connectivity index (χ4v) is 3.36. The van der Waals surface area contributed by atoms with E-state index in [1.807, 2.05) is 0 Å². The summed E-state index contributed by atoms with van der Waals surface area (Å²) in [6, 6.07) is 3.89. The monoisotopic (exact) mass is 315 g/mol. The number of halogens is 1. The van der Waals surface area contributed by atoms with Crippen LogP contribution in [0.25, 0.3) is 0 Å². The summed E-state index contributed by atoms with van der Waals surface area (Å²) in [7, 11) is 0. The largest absolute Gasteiger partial charge is 0.507 e. The van der Waals surface area contributed by atoms with Gasteiger partial charge in [0.2, 0.25) is 0 Å². The number of hydrogen-bond donors (Lipinski definition) is 2. The van der Waals surface area contributed by atoms with E-state index in [1.54, 1.807) is 11.8 Å². The van der Waals surface area contributed by atoms with Crippen molar-refractivity contribution in [2.75, 3.05) is 18.1 Å². The predicted molar refractivity (Wildman–Crippen MR) is 77.5 cm³/mol. The molecule has 1 aliphatic rings. The Morgan fingerprint density at radius 1 is 1.45 bits per heavy atom. The number of carboxylic acid groups (broad SMARTS) is 1. The Morgan fingerprint density at radius 2 is 2.20 bits per heavy atom. The van der Waals surface area contributed by atoms with E-state index in [0.29, 0.717) is 17.3 Å². The highest BCUT2D eigenvalue weighted by Gasteiger charge is 2.30. The number of carbonyl (C=O) groups is 2. The summed E-state index contributed by atoms with van der Waals surface area (Å²) >= 11 is 7.46. The quantitative estimate of drug-likeness (QED) is 0.893. The zero-order chi connectivity index (χ0) is 14.7. The fraction of sp³-hybridized carbons (Fsp3) is 0.385. The number of amides is 1. The van der Waals surface area contributed by atoms with Crippen molar-refractivity contribution in [3.05, 3.63) is 28.8 Å². The fourth-order valence-electron chi connectivity index (χ4n) is 2.13. The van der Waals surface area contributed by atoms with Crippen molar-refractivity contribution in [3.8, 4) is 5.75 Å². The van der Waals surface area contributed by atoms with Crippen LogP contribution in [0.1, 0.15) is 16.8 Å². The van der Waals surface area contributed by atoms with Crippen LogP contribution < -0.4 is 0 Å². The van der Waals surface area contributed by atoms with Crippen molar-refractivity contribution in [2.45, 2.75) is 12.5 Å². The molecule has 5 nitrogen and oxygen atoms in total. The van der Waals surface area contributed by atoms with Gasteiger partial charge in [-0.2, -0.15) is 11.8 Å². The number of phenolic OH excluding ortho intramolecular Hbond substituents is 1. The molecule has 108 valence electrons. The zero-order valence-corrected chi connectivity index (χ0v) is 12.2. The van der Waals surface area contributed by atoms with Crippen LogP contribution in [-0.4, -0.2) is 51.1 Å². The number of rotatable bonds is 3. The van der Waals surface area contributed by atoms with Gasteiger partial charge in [-0.3, -0.25) is 9.59 Å². The van der Waals surface area contributed by atoms with Crippen LogP contribution >= 0.6 is 23.4 Å². The van der Waals surface area contributed by atoms with Crippen LogP contribution in [0.4, 0.5) is 0 Å². The van der Waals surface area contributed by atoms with Crippen LogP contribution in [0, 0.1) is 0 Å². The van der Waals surface area contributed by atoms with E-state index >= 15 is 0 Å². The topological polar surface area (TPSA) is 77.8 Å². The van der Waals surface area contributed by atoms with Crippen LogP contribution in [-0.2, 0) is 4.79 Å². The highest BCUT2D eigenvalue weighted by Crippen LogP contribution is 2.27. The van der Waals surface area contributed by atoms with Gasteiger partial charge in [0, 0.05) is 23.1 Å². The lowest BCUT2D eigenvalue weighted by atomic mass is 10.1. The molecule has 1 saturated heterocycles. The molecule has 1 unspecified atom stereocenters. The summed E-state index contributed by atoms with van der Waals surface area (Å²) < 4.78 is 0. The molecular weight excluding hydrogens is 302 g/mol. The number of aromatic hydroxyl groups is 1. The van der Waals surface area contributed by atoms with E-state index in [0.717, 1.165) is 5.75 Å². The first-order chi connectivity index (χ1) is 9.49. The molecule has 0 spiro atoms. The van der Waals surface area contributed by atoms with Gasteiger partial charge in [0.05, 0.1) is 18.0 Å². The van der Waals surface area contributed by atoms with Gasteiger partial charge in [-0.1, -0.05) is 11.6 Å². The molecule has 7 heteroatoms. The number of hydrogen-bond acceptors (Lipinski definition) is 4. The molecule has 1 atom stereocenters. The van der Waals surface area contributed by atoms with Crippen molar-refractivity contribution < 1.29 is 19.8 Å². The zero-order valence-electron chi connectivity index (χ0n) is 10.6. The number of carboxylic acids is 1. The van der Waals surface area contributed by atoms with E-state index in [1.165, 1.54) is 23.1 Å². The molecule has 2 N–H and O–H groups in total. The first-order valence-corrected chi connectivity index (χ1v) is 7.61. The van der Waals surface area contributed by atoms with Crippen LogP contribution in [0.5, 0.6) is 5.75 Å². The Balaban J connectivity index is 2.25. The summed E-state index contributed by atoms with van der Waals surface area (Å²) in [5.74, 6) is -0.128. The van der Waals surface area contributed by atoms with Gasteiger partial charge in [-0.15, -0.1) is 0 Å². The SMILES string of the molecule is O=C(O)CC1CSCCN1C(=O)c1cc(Cl)ccc1O. The first kappa shape index (κ1) is 15.0. The molecule has 1 fully saturated rings. The lowest BCUT2D eigenvalue weighted by Gasteiger charge is -2.34. The third kappa shape index (κ3) is 3.37. The Labute approximate surface area is 125 Å². The molecule has 0 aromatic heterocycles. The van der Waals surface area contributed by atoms with Gasteiger partial charge >= 0.3 is 5.97 Å². The summed E-state index contributed by atoms with van der Waals surface area (Å²) in [5.41, 5.74) is 0.111. The van der Waals surface area contributed by atoms with Crippen molar-refractivity contribution in [1.82, 2.24) is 4.90 Å². The molecule has 1 aromatic carbocycles. The molecule has 1 aromatic rings. The average Bonchev–Trinajstić information content (AvgIpc) is 2.41. The second-order valence-corrected chi connectivity index (χ2v) is 6.07. The Morgan fingerprint density at radius 3 is 2.90 bits per heavy atom. The highest BCUT2D eigenvalue weighted by atomic mass is 35.5. The van der Waals surface area contributed by atoms with E-state index in [2.05, 4.69) is 0 Å². The molecule has 0 saturated carbocycles. The van der Waals surface area contributed by atoms with Crippen molar-refractivity contribution in [2.24, 2.45) is 0 Å². The minimum absolute atomic E-state index is 0.0972. The Kier molecular flexibility index (Phi) is 4.77. The third-order valence-electron chi connectivity index (χ3n) is 3.09. The second-order valence-electron chi connectivity index (χ2n) is 4.49. The highest BCUT2D eigenvalue weighted by molar-refractivity contribution is 7.99. The summed E-state index contributed by atoms with van der Waals surface area (Å²) in [6.45, 7) is 0.466. The Bertz CT molecular complexity index is 537. The molecule has 0 aliphatic carbocycles. The number of benzene rings is 1. The summed E-state index contributed by atoms with van der Waals surface area (Å²) in [6.07, 6.45) is -0.0972. The maximum atomic E-state index is 12.5. The lowest BCUT2D eigenvalue weighted by Crippen LogP contribution is -2.47. The molecule has 2 rings (SSSR count). The van der Waals surface area contributed by atoms with Gasteiger partial charge in [0.15, 0.2) is 0 Å². The average molecular weight is 316 g/mol. The maximum Gasteiger partial charge on any atom is 0.305 e. The van der Waals surface area contributed by atoms with Crippen molar-refractivity contribution in [1.29, 1.82) is 0 Å². The van der Waals surface area contributed by atoms with Crippen LogP contribution in [0.2, 0.25) is 5.02 Å². The third-order valence-corrected chi connectivity index (χ3v) is 4.41. The summed E-state index contributed by atoms with van der Waals surface area (Å²) in [4.78, 5) is 24.9. The van der Waals surface area contributed by atoms with Gasteiger partial charge < -0.3 is 15.1 Å².